The number of likely N-dealkylation sites (N-methyl/N-ethyl adjacent to an activating group) is 1. The topological polar surface area (TPSA) is 52.6 Å². The Bertz CT molecular complexity index is 296. The Labute approximate surface area is 116 Å². The molecule has 0 aromatic carbocycles. The predicted octanol–water partition coefficient (Wildman–Crippen LogP) is 1.53. The van der Waals surface area contributed by atoms with Gasteiger partial charge >= 0.3 is 0 Å². The van der Waals surface area contributed by atoms with Crippen LogP contribution in [0.1, 0.15) is 51.4 Å². The van der Waals surface area contributed by atoms with Crippen molar-refractivity contribution in [3.05, 3.63) is 0 Å². The summed E-state index contributed by atoms with van der Waals surface area (Å²) < 4.78 is 0. The number of carbonyl (C=O) groups is 1. The SMILES string of the molecule is CN1CCC[C@@H]1C(=O)NCCC[C@@H]1CCCC[C@H]1O. The van der Waals surface area contributed by atoms with Crippen LogP contribution in [-0.2, 0) is 4.79 Å². The zero-order valence-corrected chi connectivity index (χ0v) is 12.1. The molecule has 3 atom stereocenters. The molecule has 1 aliphatic heterocycles. The van der Waals surface area contributed by atoms with Crippen molar-refractivity contribution >= 4 is 5.91 Å². The third-order valence-corrected chi connectivity index (χ3v) is 4.74. The van der Waals surface area contributed by atoms with Gasteiger partial charge in [-0.1, -0.05) is 12.8 Å². The molecule has 1 heterocycles. The summed E-state index contributed by atoms with van der Waals surface area (Å²) in [6, 6.07) is 0.0836. The van der Waals surface area contributed by atoms with Gasteiger partial charge in [-0.05, 0) is 58.0 Å². The van der Waals surface area contributed by atoms with Gasteiger partial charge in [0.05, 0.1) is 12.1 Å². The van der Waals surface area contributed by atoms with Crippen molar-refractivity contribution in [2.75, 3.05) is 20.1 Å². The lowest BCUT2D eigenvalue weighted by atomic mass is 9.83. The fourth-order valence-corrected chi connectivity index (χ4v) is 3.46. The zero-order valence-electron chi connectivity index (χ0n) is 12.1. The van der Waals surface area contributed by atoms with Crippen molar-refractivity contribution in [2.24, 2.45) is 5.92 Å². The molecule has 2 aliphatic rings. The molecule has 2 N–H and O–H groups in total. The number of rotatable bonds is 5. The van der Waals surface area contributed by atoms with E-state index in [1.165, 1.54) is 12.8 Å². The normalized spacial score (nSPS) is 32.4. The lowest BCUT2D eigenvalue weighted by molar-refractivity contribution is -0.125. The van der Waals surface area contributed by atoms with Gasteiger partial charge in [0, 0.05) is 6.54 Å². The van der Waals surface area contributed by atoms with E-state index in [1.54, 1.807) is 0 Å². The van der Waals surface area contributed by atoms with E-state index in [0.717, 1.165) is 51.6 Å². The van der Waals surface area contributed by atoms with Gasteiger partial charge in [0.2, 0.25) is 5.91 Å². The molecule has 2 fully saturated rings. The molecule has 1 aliphatic carbocycles. The molecular formula is C15H28N2O2. The summed E-state index contributed by atoms with van der Waals surface area (Å²) in [5, 5.41) is 12.9. The Hall–Kier alpha value is -0.610. The molecule has 1 saturated carbocycles. The van der Waals surface area contributed by atoms with Crippen LogP contribution in [0.15, 0.2) is 0 Å². The average molecular weight is 268 g/mol. The highest BCUT2D eigenvalue weighted by atomic mass is 16.3. The van der Waals surface area contributed by atoms with E-state index in [2.05, 4.69) is 10.2 Å². The molecule has 1 saturated heterocycles. The van der Waals surface area contributed by atoms with Crippen LogP contribution in [0, 0.1) is 5.92 Å². The first kappa shape index (κ1) is 14.8. The van der Waals surface area contributed by atoms with E-state index in [9.17, 15) is 9.90 Å². The number of hydrogen-bond acceptors (Lipinski definition) is 3. The molecule has 0 aromatic rings. The van der Waals surface area contributed by atoms with Crippen LogP contribution < -0.4 is 5.32 Å². The van der Waals surface area contributed by atoms with Crippen LogP contribution in [0.2, 0.25) is 0 Å². The molecule has 110 valence electrons. The van der Waals surface area contributed by atoms with Gasteiger partial charge in [-0.2, -0.15) is 0 Å². The van der Waals surface area contributed by atoms with E-state index in [-0.39, 0.29) is 18.1 Å². The maximum atomic E-state index is 12.0. The first-order valence-electron chi connectivity index (χ1n) is 7.84. The van der Waals surface area contributed by atoms with Crippen LogP contribution in [0.4, 0.5) is 0 Å². The molecule has 1 amide bonds. The quantitative estimate of drug-likeness (QED) is 0.744. The average Bonchev–Trinajstić information content (AvgIpc) is 2.82. The number of hydrogen-bond donors (Lipinski definition) is 2. The first-order chi connectivity index (χ1) is 9.18. The highest BCUT2D eigenvalue weighted by Gasteiger charge is 2.27. The maximum Gasteiger partial charge on any atom is 0.237 e. The van der Waals surface area contributed by atoms with Gasteiger partial charge in [0.15, 0.2) is 0 Å². The van der Waals surface area contributed by atoms with E-state index >= 15 is 0 Å². The monoisotopic (exact) mass is 268 g/mol. The Kier molecular flexibility index (Phi) is 5.64. The Morgan fingerprint density at radius 3 is 2.74 bits per heavy atom. The van der Waals surface area contributed by atoms with Gasteiger partial charge in [-0.3, -0.25) is 9.69 Å². The number of carbonyl (C=O) groups excluding carboxylic acids is 1. The second kappa shape index (κ2) is 7.25. The highest BCUT2D eigenvalue weighted by molar-refractivity contribution is 5.81. The standard InChI is InChI=1S/C15H28N2O2/c1-17-11-5-8-13(17)15(19)16-10-4-7-12-6-2-3-9-14(12)18/h12-14,18H,2-11H2,1H3,(H,16,19)/t12-,13+,14+/m0/s1. The largest absolute Gasteiger partial charge is 0.393 e. The lowest BCUT2D eigenvalue weighted by Crippen LogP contribution is -2.41. The number of aliphatic hydroxyl groups is 1. The number of nitrogens with zero attached hydrogens (tertiary/aromatic N) is 1. The second-order valence-electron chi connectivity index (χ2n) is 6.18. The van der Waals surface area contributed by atoms with Gasteiger partial charge in [-0.25, -0.2) is 0 Å². The molecule has 0 bridgehead atoms. The van der Waals surface area contributed by atoms with Gasteiger partial charge < -0.3 is 10.4 Å². The molecule has 19 heavy (non-hydrogen) atoms. The fourth-order valence-electron chi connectivity index (χ4n) is 3.46. The number of amides is 1. The summed E-state index contributed by atoms with van der Waals surface area (Å²) in [6.45, 7) is 1.79. The predicted molar refractivity (Wildman–Crippen MR) is 75.9 cm³/mol. The third-order valence-electron chi connectivity index (χ3n) is 4.74. The first-order valence-corrected chi connectivity index (χ1v) is 7.84. The lowest BCUT2D eigenvalue weighted by Gasteiger charge is -2.27. The van der Waals surface area contributed by atoms with Crippen molar-refractivity contribution in [2.45, 2.75) is 63.5 Å². The molecular weight excluding hydrogens is 240 g/mol. The maximum absolute atomic E-state index is 12.0. The third kappa shape index (κ3) is 4.18. The summed E-state index contributed by atoms with van der Waals surface area (Å²) in [5.41, 5.74) is 0. The van der Waals surface area contributed by atoms with Crippen molar-refractivity contribution in [3.8, 4) is 0 Å². The molecule has 0 aromatic heterocycles. The second-order valence-corrected chi connectivity index (χ2v) is 6.18. The van der Waals surface area contributed by atoms with E-state index in [4.69, 9.17) is 0 Å². The fraction of sp³-hybridized carbons (Fsp3) is 0.933. The van der Waals surface area contributed by atoms with E-state index in [1.807, 2.05) is 7.05 Å². The van der Waals surface area contributed by atoms with Crippen LogP contribution in [-0.4, -0.2) is 48.2 Å². The van der Waals surface area contributed by atoms with Crippen molar-refractivity contribution < 1.29 is 9.90 Å². The van der Waals surface area contributed by atoms with Gasteiger partial charge in [0.1, 0.15) is 0 Å². The molecule has 0 spiro atoms. The van der Waals surface area contributed by atoms with Crippen molar-refractivity contribution in [1.29, 1.82) is 0 Å². The summed E-state index contributed by atoms with van der Waals surface area (Å²) in [5.74, 6) is 0.643. The summed E-state index contributed by atoms with van der Waals surface area (Å²) >= 11 is 0. The summed E-state index contributed by atoms with van der Waals surface area (Å²) in [7, 11) is 2.02. The smallest absolute Gasteiger partial charge is 0.237 e. The van der Waals surface area contributed by atoms with Crippen LogP contribution in [0.3, 0.4) is 0 Å². The van der Waals surface area contributed by atoms with E-state index < -0.39 is 0 Å². The van der Waals surface area contributed by atoms with Crippen molar-refractivity contribution in [3.63, 3.8) is 0 Å². The summed E-state index contributed by atoms with van der Waals surface area (Å²) in [4.78, 5) is 14.1. The minimum Gasteiger partial charge on any atom is -0.393 e. The van der Waals surface area contributed by atoms with Crippen LogP contribution in [0.5, 0.6) is 0 Å². The molecule has 2 rings (SSSR count). The van der Waals surface area contributed by atoms with E-state index in [0.29, 0.717) is 5.92 Å². The number of likely N-dealkylation sites (tertiary alicyclic amines) is 1. The minimum atomic E-state index is -0.106. The summed E-state index contributed by atoms with van der Waals surface area (Å²) in [6.07, 6.45) is 8.58. The Morgan fingerprint density at radius 2 is 2.05 bits per heavy atom. The van der Waals surface area contributed by atoms with Gasteiger partial charge in [-0.15, -0.1) is 0 Å². The molecule has 4 nitrogen and oxygen atoms in total. The number of nitrogens with one attached hydrogen (secondary N) is 1. The molecule has 0 radical (unpaired) electrons. The highest BCUT2D eigenvalue weighted by Crippen LogP contribution is 2.27. The van der Waals surface area contributed by atoms with Crippen molar-refractivity contribution in [1.82, 2.24) is 10.2 Å². The van der Waals surface area contributed by atoms with Crippen LogP contribution in [0.25, 0.3) is 0 Å². The minimum absolute atomic E-state index is 0.0836. The number of aliphatic hydroxyl groups excluding tert-OH is 1. The Balaban J connectivity index is 1.59. The van der Waals surface area contributed by atoms with Crippen LogP contribution >= 0.6 is 0 Å². The zero-order chi connectivity index (χ0) is 13.7. The Morgan fingerprint density at radius 1 is 1.26 bits per heavy atom. The molecule has 4 heteroatoms. The molecule has 0 unspecified atom stereocenters. The van der Waals surface area contributed by atoms with Gasteiger partial charge in [0.25, 0.3) is 0 Å².